The van der Waals surface area contributed by atoms with E-state index in [1.54, 1.807) is 12.0 Å². The van der Waals surface area contributed by atoms with E-state index in [-0.39, 0.29) is 23.5 Å². The van der Waals surface area contributed by atoms with Gasteiger partial charge in [0.1, 0.15) is 0 Å². The van der Waals surface area contributed by atoms with Crippen molar-refractivity contribution in [1.82, 2.24) is 4.90 Å². The summed E-state index contributed by atoms with van der Waals surface area (Å²) < 4.78 is 27.9. The van der Waals surface area contributed by atoms with Gasteiger partial charge in [0.05, 0.1) is 24.2 Å². The molecule has 0 spiro atoms. The van der Waals surface area contributed by atoms with Crippen molar-refractivity contribution < 1.29 is 17.9 Å². The largest absolute Gasteiger partial charge is 0.383 e. The second-order valence-electron chi connectivity index (χ2n) is 4.60. The van der Waals surface area contributed by atoms with Crippen molar-refractivity contribution in [3.8, 4) is 0 Å². The highest BCUT2D eigenvalue weighted by Gasteiger charge is 2.35. The van der Waals surface area contributed by atoms with Gasteiger partial charge in [-0.15, -0.1) is 0 Å². The van der Waals surface area contributed by atoms with E-state index in [0.717, 1.165) is 0 Å². The summed E-state index contributed by atoms with van der Waals surface area (Å²) in [7, 11) is -1.46. The van der Waals surface area contributed by atoms with Crippen LogP contribution in [0.4, 0.5) is 0 Å². The maximum atomic E-state index is 12.1. The molecule has 0 aromatic heterocycles. The van der Waals surface area contributed by atoms with E-state index in [1.807, 2.05) is 6.92 Å². The molecule has 106 valence electrons. The quantitative estimate of drug-likeness (QED) is 0.700. The van der Waals surface area contributed by atoms with Crippen LogP contribution in [0.2, 0.25) is 0 Å². The van der Waals surface area contributed by atoms with Gasteiger partial charge in [0.25, 0.3) is 0 Å². The summed E-state index contributed by atoms with van der Waals surface area (Å²) >= 11 is 0. The summed E-state index contributed by atoms with van der Waals surface area (Å²) in [6, 6.07) is -0.819. The van der Waals surface area contributed by atoms with Crippen molar-refractivity contribution in [1.29, 1.82) is 0 Å². The Kier molecular flexibility index (Phi) is 5.55. The highest BCUT2D eigenvalue weighted by Crippen LogP contribution is 2.18. The first-order chi connectivity index (χ1) is 8.41. The second kappa shape index (κ2) is 6.49. The summed E-state index contributed by atoms with van der Waals surface area (Å²) in [5.74, 6) is 0.00551. The van der Waals surface area contributed by atoms with Crippen LogP contribution in [0.1, 0.15) is 19.8 Å². The summed E-state index contributed by atoms with van der Waals surface area (Å²) in [5, 5.41) is 0. The smallest absolute Gasteiger partial charge is 0.239 e. The van der Waals surface area contributed by atoms with Crippen molar-refractivity contribution in [2.24, 2.45) is 5.73 Å². The first-order valence-corrected chi connectivity index (χ1v) is 7.98. The molecule has 1 heterocycles. The molecule has 7 heteroatoms. The number of nitrogens with two attached hydrogens (primary N) is 1. The van der Waals surface area contributed by atoms with Gasteiger partial charge in [0.2, 0.25) is 5.91 Å². The normalized spacial score (nSPS) is 23.8. The summed E-state index contributed by atoms with van der Waals surface area (Å²) in [4.78, 5) is 13.7. The summed E-state index contributed by atoms with van der Waals surface area (Å²) in [6.45, 7) is 2.62. The fourth-order valence-electron chi connectivity index (χ4n) is 2.07. The minimum atomic E-state index is -3.01. The van der Waals surface area contributed by atoms with Gasteiger partial charge in [-0.05, 0) is 12.8 Å². The molecule has 18 heavy (non-hydrogen) atoms. The molecule has 1 aliphatic heterocycles. The van der Waals surface area contributed by atoms with Crippen molar-refractivity contribution in [2.45, 2.75) is 31.8 Å². The van der Waals surface area contributed by atoms with Crippen LogP contribution in [0.25, 0.3) is 0 Å². The number of carbonyl (C=O) groups is 1. The van der Waals surface area contributed by atoms with Gasteiger partial charge in [-0.2, -0.15) is 0 Å². The molecular weight excluding hydrogens is 256 g/mol. The van der Waals surface area contributed by atoms with Crippen LogP contribution >= 0.6 is 0 Å². The summed E-state index contributed by atoms with van der Waals surface area (Å²) in [6.07, 6.45) is 1.04. The van der Waals surface area contributed by atoms with Crippen LogP contribution in [0.3, 0.4) is 0 Å². The molecule has 1 fully saturated rings. The molecule has 1 amide bonds. The third-order valence-corrected chi connectivity index (χ3v) is 4.98. The lowest BCUT2D eigenvalue weighted by Gasteiger charge is -2.30. The molecule has 2 N–H and O–H groups in total. The van der Waals surface area contributed by atoms with Gasteiger partial charge in [0, 0.05) is 19.7 Å². The molecule has 1 saturated heterocycles. The van der Waals surface area contributed by atoms with Gasteiger partial charge >= 0.3 is 0 Å². The van der Waals surface area contributed by atoms with Crippen LogP contribution < -0.4 is 5.73 Å². The lowest BCUT2D eigenvalue weighted by atomic mass is 10.1. The maximum absolute atomic E-state index is 12.1. The van der Waals surface area contributed by atoms with Crippen molar-refractivity contribution in [3.05, 3.63) is 0 Å². The molecule has 1 rings (SSSR count). The van der Waals surface area contributed by atoms with Crippen molar-refractivity contribution in [3.63, 3.8) is 0 Å². The van der Waals surface area contributed by atoms with Crippen LogP contribution in [-0.2, 0) is 19.4 Å². The van der Waals surface area contributed by atoms with Gasteiger partial charge in [0.15, 0.2) is 9.84 Å². The average Bonchev–Trinajstić information content (AvgIpc) is 2.68. The molecule has 1 unspecified atom stereocenters. The summed E-state index contributed by atoms with van der Waals surface area (Å²) in [5.41, 5.74) is 5.74. The first-order valence-electron chi connectivity index (χ1n) is 6.16. The number of rotatable bonds is 6. The van der Waals surface area contributed by atoms with E-state index >= 15 is 0 Å². The Labute approximate surface area is 108 Å². The zero-order chi connectivity index (χ0) is 13.8. The number of carbonyl (C=O) groups excluding carboxylic acids is 1. The molecule has 2 atom stereocenters. The number of ether oxygens (including phenoxy) is 1. The Morgan fingerprint density at radius 2 is 2.22 bits per heavy atom. The van der Waals surface area contributed by atoms with Gasteiger partial charge in [-0.3, -0.25) is 4.79 Å². The number of hydrogen-bond acceptors (Lipinski definition) is 5. The number of sulfone groups is 1. The fourth-order valence-corrected chi connectivity index (χ4v) is 3.80. The van der Waals surface area contributed by atoms with E-state index in [9.17, 15) is 13.2 Å². The van der Waals surface area contributed by atoms with Crippen molar-refractivity contribution in [2.75, 3.05) is 31.8 Å². The maximum Gasteiger partial charge on any atom is 0.239 e. The monoisotopic (exact) mass is 278 g/mol. The minimum absolute atomic E-state index is 0.0406. The molecule has 0 radical (unpaired) electrons. The molecular formula is C11H22N2O4S. The van der Waals surface area contributed by atoms with E-state index in [2.05, 4.69) is 0 Å². The van der Waals surface area contributed by atoms with Crippen LogP contribution in [0, 0.1) is 0 Å². The predicted octanol–water partition coefficient (Wildman–Crippen LogP) is -0.614. The van der Waals surface area contributed by atoms with E-state index < -0.39 is 15.9 Å². The Morgan fingerprint density at radius 3 is 2.67 bits per heavy atom. The fraction of sp³-hybridized carbons (Fsp3) is 0.909. The molecule has 0 aromatic carbocycles. The van der Waals surface area contributed by atoms with Gasteiger partial charge < -0.3 is 15.4 Å². The molecule has 1 aliphatic rings. The van der Waals surface area contributed by atoms with Gasteiger partial charge in [-0.25, -0.2) is 8.42 Å². The minimum Gasteiger partial charge on any atom is -0.383 e. The average molecular weight is 278 g/mol. The van der Waals surface area contributed by atoms with Crippen LogP contribution in [-0.4, -0.2) is 63.1 Å². The van der Waals surface area contributed by atoms with Crippen LogP contribution in [0.5, 0.6) is 0 Å². The van der Waals surface area contributed by atoms with Crippen LogP contribution in [0.15, 0.2) is 0 Å². The molecule has 0 bridgehead atoms. The standard InChI is InChI=1S/C11H22N2O4S/c1-3-10(12)11(14)13(5-6-17-2)9-4-7-18(15,16)8-9/h9-10H,3-8,12H2,1-2H3/t9?,10-/m1/s1. The highest BCUT2D eigenvalue weighted by atomic mass is 32.2. The molecule has 0 aromatic rings. The molecule has 0 aliphatic carbocycles. The predicted molar refractivity (Wildman–Crippen MR) is 68.9 cm³/mol. The lowest BCUT2D eigenvalue weighted by molar-refractivity contribution is -0.135. The Balaban J connectivity index is 2.75. The number of amides is 1. The second-order valence-corrected chi connectivity index (χ2v) is 6.82. The lowest BCUT2D eigenvalue weighted by Crippen LogP contribution is -2.50. The van der Waals surface area contributed by atoms with Gasteiger partial charge in [-0.1, -0.05) is 6.92 Å². The Hall–Kier alpha value is -0.660. The molecule has 0 saturated carbocycles. The topological polar surface area (TPSA) is 89.7 Å². The number of methoxy groups -OCH3 is 1. The highest BCUT2D eigenvalue weighted by molar-refractivity contribution is 7.91. The third-order valence-electron chi connectivity index (χ3n) is 3.23. The van der Waals surface area contributed by atoms with E-state index in [1.165, 1.54) is 0 Å². The van der Waals surface area contributed by atoms with E-state index in [4.69, 9.17) is 10.5 Å². The van der Waals surface area contributed by atoms with E-state index in [0.29, 0.717) is 26.0 Å². The zero-order valence-corrected chi connectivity index (χ0v) is 11.8. The SMILES string of the molecule is CC[C@@H](N)C(=O)N(CCOC)C1CCS(=O)(=O)C1. The number of hydrogen-bond donors (Lipinski definition) is 1. The molecule has 6 nitrogen and oxygen atoms in total. The number of nitrogens with zero attached hydrogens (tertiary/aromatic N) is 1. The van der Waals surface area contributed by atoms with Crippen molar-refractivity contribution >= 4 is 15.7 Å². The Bertz CT molecular complexity index is 383. The Morgan fingerprint density at radius 1 is 1.56 bits per heavy atom. The first kappa shape index (κ1) is 15.4. The third kappa shape index (κ3) is 3.93. The zero-order valence-electron chi connectivity index (χ0n) is 11.0.